The van der Waals surface area contributed by atoms with Crippen LogP contribution >= 0.6 is 10.7 Å². The summed E-state index contributed by atoms with van der Waals surface area (Å²) in [6.45, 7) is -1.64. The van der Waals surface area contributed by atoms with Gasteiger partial charge in [0.25, 0.3) is 9.05 Å². The van der Waals surface area contributed by atoms with Crippen molar-refractivity contribution in [3.05, 3.63) is 11.8 Å². The fraction of sp³-hybridized carbons (Fsp3) is 0.333. The first kappa shape index (κ1) is 13.0. The van der Waals surface area contributed by atoms with Crippen molar-refractivity contribution in [1.82, 2.24) is 9.78 Å². The van der Waals surface area contributed by atoms with Gasteiger partial charge < -0.3 is 0 Å². The van der Waals surface area contributed by atoms with E-state index in [2.05, 4.69) is 5.10 Å². The van der Waals surface area contributed by atoms with Gasteiger partial charge in [-0.1, -0.05) is 0 Å². The lowest BCUT2D eigenvalue weighted by Crippen LogP contribution is -2.21. The summed E-state index contributed by atoms with van der Waals surface area (Å²) in [5, 5.41) is 2.18. The number of halogens is 4. The predicted octanol–water partition coefficient (Wildman–Crippen LogP) is 1.19. The molecular weight excluding hydrogens is 273 g/mol. The SMILES string of the molecule is O=Cc1cnn(CC(F)(F)F)c1S(=O)(=O)Cl. The average molecular weight is 277 g/mol. The maximum absolute atomic E-state index is 12.0. The summed E-state index contributed by atoms with van der Waals surface area (Å²) >= 11 is 0. The van der Waals surface area contributed by atoms with Crippen LogP contribution in [0.4, 0.5) is 13.2 Å². The Balaban J connectivity index is 3.32. The number of carbonyl (C=O) groups excluding carboxylic acids is 1. The van der Waals surface area contributed by atoms with E-state index in [0.717, 1.165) is 0 Å². The zero-order valence-electron chi connectivity index (χ0n) is 7.40. The topological polar surface area (TPSA) is 69.0 Å². The van der Waals surface area contributed by atoms with Crippen LogP contribution in [0.1, 0.15) is 10.4 Å². The van der Waals surface area contributed by atoms with Gasteiger partial charge in [0.1, 0.15) is 6.54 Å². The van der Waals surface area contributed by atoms with Gasteiger partial charge >= 0.3 is 6.18 Å². The molecule has 1 heterocycles. The van der Waals surface area contributed by atoms with E-state index >= 15 is 0 Å². The molecule has 0 bridgehead atoms. The molecule has 10 heteroatoms. The third-order valence-electron chi connectivity index (χ3n) is 1.50. The fourth-order valence-corrected chi connectivity index (χ4v) is 2.27. The van der Waals surface area contributed by atoms with Crippen molar-refractivity contribution < 1.29 is 26.4 Å². The van der Waals surface area contributed by atoms with Crippen LogP contribution in [0.25, 0.3) is 0 Å². The Kier molecular flexibility index (Phi) is 3.29. The molecule has 0 fully saturated rings. The predicted molar refractivity (Wildman–Crippen MR) is 46.7 cm³/mol. The number of aromatic nitrogens is 2. The minimum atomic E-state index is -4.66. The summed E-state index contributed by atoms with van der Waals surface area (Å²) in [4.78, 5) is 10.4. The Morgan fingerprint density at radius 2 is 2.06 bits per heavy atom. The summed E-state index contributed by atoms with van der Waals surface area (Å²) in [7, 11) is 0.439. The zero-order valence-corrected chi connectivity index (χ0v) is 8.97. The number of nitrogens with zero attached hydrogens (tertiary/aromatic N) is 2. The standard InChI is InChI=1S/C6H4ClF3N2O3S/c7-16(14,15)5-4(2-13)1-11-12(5)3-6(8,9)10/h1-2H,3H2. The Morgan fingerprint density at radius 1 is 1.50 bits per heavy atom. The Labute approximate surface area is 92.2 Å². The average Bonchev–Trinajstić information content (AvgIpc) is 2.43. The quantitative estimate of drug-likeness (QED) is 0.614. The lowest BCUT2D eigenvalue weighted by atomic mass is 10.4. The Morgan fingerprint density at radius 3 is 2.44 bits per heavy atom. The molecule has 0 atom stereocenters. The van der Waals surface area contributed by atoms with Crippen molar-refractivity contribution in [1.29, 1.82) is 0 Å². The van der Waals surface area contributed by atoms with Gasteiger partial charge in [0.15, 0.2) is 11.3 Å². The van der Waals surface area contributed by atoms with Crippen molar-refractivity contribution in [2.45, 2.75) is 17.7 Å². The fourth-order valence-electron chi connectivity index (χ4n) is 1.02. The maximum Gasteiger partial charge on any atom is 0.408 e. The van der Waals surface area contributed by atoms with Crippen molar-refractivity contribution in [3.8, 4) is 0 Å². The first-order valence-corrected chi connectivity index (χ1v) is 5.98. The van der Waals surface area contributed by atoms with Gasteiger partial charge in [0.05, 0.1) is 11.8 Å². The molecule has 5 nitrogen and oxygen atoms in total. The number of rotatable bonds is 3. The van der Waals surface area contributed by atoms with Gasteiger partial charge in [-0.05, 0) is 0 Å². The second-order valence-electron chi connectivity index (χ2n) is 2.73. The first-order valence-electron chi connectivity index (χ1n) is 3.67. The summed E-state index contributed by atoms with van der Waals surface area (Å²) in [6.07, 6.45) is -3.90. The van der Waals surface area contributed by atoms with Gasteiger partial charge in [0, 0.05) is 10.7 Å². The molecule has 0 aromatic carbocycles. The highest BCUT2D eigenvalue weighted by molar-refractivity contribution is 8.13. The van der Waals surface area contributed by atoms with Crippen molar-refractivity contribution in [3.63, 3.8) is 0 Å². The molecule has 0 saturated heterocycles. The molecule has 0 amide bonds. The third-order valence-corrected chi connectivity index (χ3v) is 2.85. The molecule has 1 rings (SSSR count). The van der Waals surface area contributed by atoms with E-state index in [1.807, 2.05) is 0 Å². The third kappa shape index (κ3) is 2.95. The molecular formula is C6H4ClF3N2O3S. The van der Waals surface area contributed by atoms with E-state index in [-0.39, 0.29) is 11.0 Å². The molecule has 0 unspecified atom stereocenters. The number of hydrogen-bond acceptors (Lipinski definition) is 4. The molecule has 1 aromatic rings. The second-order valence-corrected chi connectivity index (χ2v) is 5.21. The zero-order chi connectivity index (χ0) is 12.6. The first-order chi connectivity index (χ1) is 7.15. The van der Waals surface area contributed by atoms with Crippen molar-refractivity contribution in [2.24, 2.45) is 0 Å². The molecule has 16 heavy (non-hydrogen) atoms. The smallest absolute Gasteiger partial charge is 0.298 e. The normalized spacial score (nSPS) is 12.8. The van der Waals surface area contributed by atoms with E-state index in [1.54, 1.807) is 0 Å². The second kappa shape index (κ2) is 4.06. The summed E-state index contributed by atoms with van der Waals surface area (Å²) in [6, 6.07) is 0. The van der Waals surface area contributed by atoms with Crippen LogP contribution in [0.15, 0.2) is 11.2 Å². The highest BCUT2D eigenvalue weighted by atomic mass is 35.7. The number of alkyl halides is 3. The van der Waals surface area contributed by atoms with Crippen LogP contribution in [0.3, 0.4) is 0 Å². The van der Waals surface area contributed by atoms with Gasteiger partial charge in [-0.25, -0.2) is 13.1 Å². The van der Waals surface area contributed by atoms with Gasteiger partial charge in [0.2, 0.25) is 0 Å². The molecule has 90 valence electrons. The molecule has 0 radical (unpaired) electrons. The van der Waals surface area contributed by atoms with Gasteiger partial charge in [-0.15, -0.1) is 0 Å². The largest absolute Gasteiger partial charge is 0.408 e. The summed E-state index contributed by atoms with van der Waals surface area (Å²) < 4.78 is 58.1. The van der Waals surface area contributed by atoms with E-state index in [9.17, 15) is 26.4 Å². The van der Waals surface area contributed by atoms with E-state index in [0.29, 0.717) is 6.20 Å². The van der Waals surface area contributed by atoms with Crippen LogP contribution in [0.2, 0.25) is 0 Å². The molecule has 0 N–H and O–H groups in total. The Bertz CT molecular complexity index is 508. The van der Waals surface area contributed by atoms with Crippen molar-refractivity contribution in [2.75, 3.05) is 0 Å². The number of hydrogen-bond donors (Lipinski definition) is 0. The molecule has 0 aliphatic carbocycles. The maximum atomic E-state index is 12.0. The minimum absolute atomic E-state index is 0.0646. The van der Waals surface area contributed by atoms with Gasteiger partial charge in [-0.2, -0.15) is 18.3 Å². The van der Waals surface area contributed by atoms with E-state index < -0.39 is 32.4 Å². The molecule has 0 aliphatic heterocycles. The van der Waals surface area contributed by atoms with Crippen molar-refractivity contribution >= 4 is 26.0 Å². The van der Waals surface area contributed by atoms with E-state index in [4.69, 9.17) is 10.7 Å². The van der Waals surface area contributed by atoms with Crippen LogP contribution in [0, 0.1) is 0 Å². The summed E-state index contributed by atoms with van der Waals surface area (Å²) in [5.74, 6) is 0. The van der Waals surface area contributed by atoms with E-state index in [1.165, 1.54) is 0 Å². The molecule has 0 spiro atoms. The lowest BCUT2D eigenvalue weighted by Gasteiger charge is -2.08. The highest BCUT2D eigenvalue weighted by Crippen LogP contribution is 2.23. The van der Waals surface area contributed by atoms with Crippen LogP contribution in [-0.4, -0.2) is 30.7 Å². The van der Waals surface area contributed by atoms with Crippen LogP contribution < -0.4 is 0 Å². The van der Waals surface area contributed by atoms with Crippen LogP contribution in [-0.2, 0) is 15.6 Å². The number of aldehydes is 1. The minimum Gasteiger partial charge on any atom is -0.298 e. The highest BCUT2D eigenvalue weighted by Gasteiger charge is 2.33. The van der Waals surface area contributed by atoms with Gasteiger partial charge in [-0.3, -0.25) is 4.79 Å². The molecule has 1 aromatic heterocycles. The van der Waals surface area contributed by atoms with Crippen LogP contribution in [0.5, 0.6) is 0 Å². The molecule has 0 aliphatic rings. The summed E-state index contributed by atoms with van der Waals surface area (Å²) in [5.41, 5.74) is -0.515. The molecule has 0 saturated carbocycles. The Hall–Kier alpha value is -1.09. The monoisotopic (exact) mass is 276 g/mol. The number of carbonyl (C=O) groups is 1. The lowest BCUT2D eigenvalue weighted by molar-refractivity contribution is -0.144.